The highest BCUT2D eigenvalue weighted by Gasteiger charge is 2.33. The maximum Gasteiger partial charge on any atom is 0.182 e. The summed E-state index contributed by atoms with van der Waals surface area (Å²) in [7, 11) is 0. The molecule has 104 valence electrons. The zero-order chi connectivity index (χ0) is 14.5. The molecule has 0 aliphatic carbocycles. The monoisotopic (exact) mass is 276 g/mol. The Hall–Kier alpha value is -2.57. The first-order valence-electron chi connectivity index (χ1n) is 6.96. The van der Waals surface area contributed by atoms with E-state index in [9.17, 15) is 5.26 Å². The van der Waals surface area contributed by atoms with Crippen molar-refractivity contribution >= 4 is 6.08 Å². The van der Waals surface area contributed by atoms with E-state index < -0.39 is 0 Å². The van der Waals surface area contributed by atoms with Gasteiger partial charge in [-0.1, -0.05) is 66.7 Å². The summed E-state index contributed by atoms with van der Waals surface area (Å²) in [5.41, 5.74) is 2.21. The Morgan fingerprint density at radius 3 is 2.38 bits per heavy atom. The van der Waals surface area contributed by atoms with Crippen LogP contribution in [0.2, 0.25) is 0 Å². The number of nitriles is 1. The summed E-state index contributed by atoms with van der Waals surface area (Å²) < 4.78 is 5.76. The van der Waals surface area contributed by atoms with Crippen molar-refractivity contribution < 1.29 is 4.74 Å². The molecule has 0 spiro atoms. The zero-order valence-electron chi connectivity index (χ0n) is 11.6. The normalized spacial score (nSPS) is 21.6. The van der Waals surface area contributed by atoms with Crippen molar-refractivity contribution in [2.45, 2.75) is 12.3 Å². The molecule has 0 radical (unpaired) electrons. The van der Waals surface area contributed by atoms with Gasteiger partial charge in [0.15, 0.2) is 12.4 Å². The molecule has 3 nitrogen and oxygen atoms in total. The molecular weight excluding hydrogens is 260 g/mol. The van der Waals surface area contributed by atoms with Crippen molar-refractivity contribution in [1.82, 2.24) is 4.90 Å². The van der Waals surface area contributed by atoms with Crippen molar-refractivity contribution in [3.05, 3.63) is 77.9 Å². The number of ether oxygens (including phenoxy) is 1. The van der Waals surface area contributed by atoms with Gasteiger partial charge in [-0.25, -0.2) is 0 Å². The highest BCUT2D eigenvalue weighted by atomic mass is 16.5. The van der Waals surface area contributed by atoms with Crippen LogP contribution < -0.4 is 0 Å². The molecule has 3 rings (SSSR count). The third-order valence-electron chi connectivity index (χ3n) is 3.59. The second kappa shape index (κ2) is 6.25. The van der Waals surface area contributed by atoms with Crippen molar-refractivity contribution in [2.24, 2.45) is 0 Å². The Morgan fingerprint density at radius 1 is 1.05 bits per heavy atom. The molecule has 0 amide bonds. The second-order valence-corrected chi connectivity index (χ2v) is 4.93. The molecule has 2 aromatic carbocycles. The molecule has 2 aromatic rings. The maximum atomic E-state index is 9.43. The molecule has 0 unspecified atom stereocenters. The number of hydrogen-bond acceptors (Lipinski definition) is 3. The van der Waals surface area contributed by atoms with E-state index in [1.54, 1.807) is 4.90 Å². The van der Waals surface area contributed by atoms with Gasteiger partial charge in [0.1, 0.15) is 0 Å². The summed E-state index contributed by atoms with van der Waals surface area (Å²) in [6.07, 6.45) is 5.87. The lowest BCUT2D eigenvalue weighted by molar-refractivity contribution is 0.0990. The third kappa shape index (κ3) is 2.96. The van der Waals surface area contributed by atoms with E-state index in [4.69, 9.17) is 4.74 Å². The number of nitrogens with zero attached hydrogens (tertiary/aromatic N) is 2. The van der Waals surface area contributed by atoms with Crippen LogP contribution in [0.15, 0.2) is 66.7 Å². The van der Waals surface area contributed by atoms with E-state index in [2.05, 4.69) is 6.19 Å². The molecule has 0 saturated carbocycles. The van der Waals surface area contributed by atoms with Crippen LogP contribution in [-0.2, 0) is 4.74 Å². The van der Waals surface area contributed by atoms with Crippen LogP contribution in [0.5, 0.6) is 0 Å². The van der Waals surface area contributed by atoms with Gasteiger partial charge in [0, 0.05) is 0 Å². The molecule has 1 saturated heterocycles. The van der Waals surface area contributed by atoms with Crippen molar-refractivity contribution in [3.63, 3.8) is 0 Å². The smallest absolute Gasteiger partial charge is 0.182 e. The first kappa shape index (κ1) is 13.4. The maximum absolute atomic E-state index is 9.43. The lowest BCUT2D eigenvalue weighted by Gasteiger charge is -2.20. The first-order valence-corrected chi connectivity index (χ1v) is 6.96. The quantitative estimate of drug-likeness (QED) is 0.804. The molecule has 1 aliphatic rings. The molecule has 1 aliphatic heterocycles. The van der Waals surface area contributed by atoms with Crippen molar-refractivity contribution in [1.29, 1.82) is 5.26 Å². The SMILES string of the molecule is N#CN1[C@H](C=Cc2ccccc2)OC[C@@H]1c1ccccc1. The van der Waals surface area contributed by atoms with Crippen molar-refractivity contribution in [3.8, 4) is 6.19 Å². The van der Waals surface area contributed by atoms with E-state index in [0.29, 0.717) is 6.61 Å². The lowest BCUT2D eigenvalue weighted by atomic mass is 10.1. The van der Waals surface area contributed by atoms with Crippen LogP contribution in [0.4, 0.5) is 0 Å². The summed E-state index contributed by atoms with van der Waals surface area (Å²) in [4.78, 5) is 1.70. The Balaban J connectivity index is 1.76. The van der Waals surface area contributed by atoms with Gasteiger partial charge in [0.2, 0.25) is 0 Å². The molecule has 0 N–H and O–H groups in total. The average molecular weight is 276 g/mol. The zero-order valence-corrected chi connectivity index (χ0v) is 11.6. The minimum Gasteiger partial charge on any atom is -0.351 e. The van der Waals surface area contributed by atoms with Crippen LogP contribution in [0, 0.1) is 11.5 Å². The Bertz CT molecular complexity index is 646. The van der Waals surface area contributed by atoms with Crippen LogP contribution in [0.1, 0.15) is 17.2 Å². The van der Waals surface area contributed by atoms with Crippen LogP contribution in [0.3, 0.4) is 0 Å². The molecule has 2 atom stereocenters. The Labute approximate surface area is 124 Å². The summed E-state index contributed by atoms with van der Waals surface area (Å²) >= 11 is 0. The van der Waals surface area contributed by atoms with Crippen molar-refractivity contribution in [2.75, 3.05) is 6.61 Å². The number of benzene rings is 2. The van der Waals surface area contributed by atoms with Crippen LogP contribution in [-0.4, -0.2) is 17.7 Å². The first-order chi connectivity index (χ1) is 10.4. The minimum absolute atomic E-state index is 0.0124. The van der Waals surface area contributed by atoms with Gasteiger partial charge in [0.05, 0.1) is 12.6 Å². The Kier molecular flexibility index (Phi) is 3.99. The highest BCUT2D eigenvalue weighted by Crippen LogP contribution is 2.30. The van der Waals surface area contributed by atoms with Crippen LogP contribution >= 0.6 is 0 Å². The van der Waals surface area contributed by atoms with Gasteiger partial charge in [-0.05, 0) is 17.2 Å². The van der Waals surface area contributed by atoms with Gasteiger partial charge >= 0.3 is 0 Å². The molecule has 21 heavy (non-hydrogen) atoms. The van der Waals surface area contributed by atoms with Gasteiger partial charge in [-0.3, -0.25) is 4.90 Å². The highest BCUT2D eigenvalue weighted by molar-refractivity contribution is 5.49. The summed E-state index contributed by atoms with van der Waals surface area (Å²) in [6.45, 7) is 0.529. The number of rotatable bonds is 3. The van der Waals surface area contributed by atoms with E-state index in [1.807, 2.05) is 72.8 Å². The molecular formula is C18H16N2O. The standard InChI is InChI=1S/C18H16N2O/c19-14-20-17(16-9-5-2-6-10-16)13-21-18(20)12-11-15-7-3-1-4-8-15/h1-12,17-18H,13H2/t17-,18+/m1/s1. The minimum atomic E-state index is -0.305. The third-order valence-corrected chi connectivity index (χ3v) is 3.59. The predicted molar refractivity (Wildman–Crippen MR) is 81.9 cm³/mol. The van der Waals surface area contributed by atoms with E-state index >= 15 is 0 Å². The predicted octanol–water partition coefficient (Wildman–Crippen LogP) is 3.58. The van der Waals surface area contributed by atoms with Gasteiger partial charge in [-0.15, -0.1) is 0 Å². The van der Waals surface area contributed by atoms with E-state index in [-0.39, 0.29) is 12.3 Å². The lowest BCUT2D eigenvalue weighted by Crippen LogP contribution is -2.26. The fourth-order valence-electron chi connectivity index (χ4n) is 2.49. The fraction of sp³-hybridized carbons (Fsp3) is 0.167. The number of hydrogen-bond donors (Lipinski definition) is 0. The summed E-state index contributed by atoms with van der Waals surface area (Å²) in [6, 6.07) is 20.0. The second-order valence-electron chi connectivity index (χ2n) is 4.93. The average Bonchev–Trinajstić information content (AvgIpc) is 2.97. The van der Waals surface area contributed by atoms with Gasteiger partial charge < -0.3 is 4.74 Å². The molecule has 3 heteroatoms. The Morgan fingerprint density at radius 2 is 1.71 bits per heavy atom. The fourth-order valence-corrected chi connectivity index (χ4v) is 2.49. The summed E-state index contributed by atoms with van der Waals surface area (Å²) in [5, 5.41) is 9.43. The molecule has 0 bridgehead atoms. The summed E-state index contributed by atoms with van der Waals surface area (Å²) in [5.74, 6) is 0. The van der Waals surface area contributed by atoms with E-state index in [1.165, 1.54) is 0 Å². The topological polar surface area (TPSA) is 36.3 Å². The van der Waals surface area contributed by atoms with Crippen LogP contribution in [0.25, 0.3) is 6.08 Å². The molecule has 1 heterocycles. The van der Waals surface area contributed by atoms with Gasteiger partial charge in [-0.2, -0.15) is 5.26 Å². The van der Waals surface area contributed by atoms with E-state index in [0.717, 1.165) is 11.1 Å². The molecule has 1 fully saturated rings. The van der Waals surface area contributed by atoms with Gasteiger partial charge in [0.25, 0.3) is 0 Å². The largest absolute Gasteiger partial charge is 0.351 e. The molecule has 0 aromatic heterocycles.